The Labute approximate surface area is 294 Å². The summed E-state index contributed by atoms with van der Waals surface area (Å²) in [4.78, 5) is 25.7. The molecule has 4 N–H and O–H groups in total. The van der Waals surface area contributed by atoms with Crippen molar-refractivity contribution in [1.82, 2.24) is 0 Å². The maximum atomic E-state index is 12.9. The molecular weight excluding hydrogens is 620 g/mol. The Kier molecular flexibility index (Phi) is 10.1. The molecule has 4 unspecified atom stereocenters. The molecule has 4 fully saturated rings. The van der Waals surface area contributed by atoms with Gasteiger partial charge in [0.2, 0.25) is 0 Å². The standard InChI is InChI=1S/C41H64O8/c1-11-24(3)34(46)48-22-38(8)28-16-19-39(9)29(37(28,7)18-17-30(38)42)15-13-14-26-27-20-36(5,6)32(44)33(45)41(27,31(43)21-40(26,39)10)23-49-35(47)25(4)12-2/h11-14,26-33,42-45H,15-23H2,1-10H3/b24-11+,25-12-/t26?,27?,28?,29?,30-,31+,32-,33-,37-,38+,39+,40+,41-/m0/s1. The second kappa shape index (κ2) is 12.9. The van der Waals surface area contributed by atoms with E-state index in [1.54, 1.807) is 32.9 Å². The molecule has 13 atom stereocenters. The number of aliphatic hydroxyl groups is 4. The average Bonchev–Trinajstić information content (AvgIpc) is 3.17. The van der Waals surface area contributed by atoms with Crippen molar-refractivity contribution in [2.45, 2.75) is 139 Å². The summed E-state index contributed by atoms with van der Waals surface area (Å²) in [6.07, 6.45) is 9.16. The molecule has 5 rings (SSSR count). The fourth-order valence-corrected chi connectivity index (χ4v) is 12.2. The van der Waals surface area contributed by atoms with Crippen LogP contribution in [0.5, 0.6) is 0 Å². The first-order chi connectivity index (χ1) is 22.7. The molecule has 8 heteroatoms. The van der Waals surface area contributed by atoms with Gasteiger partial charge in [0, 0.05) is 16.6 Å². The van der Waals surface area contributed by atoms with Crippen molar-refractivity contribution in [3.8, 4) is 0 Å². The number of ether oxygens (including phenoxy) is 2. The Hall–Kier alpha value is -2.00. The smallest absolute Gasteiger partial charge is 0.333 e. The van der Waals surface area contributed by atoms with Crippen molar-refractivity contribution < 1.29 is 39.5 Å². The molecule has 0 radical (unpaired) electrons. The van der Waals surface area contributed by atoms with E-state index in [0.717, 1.165) is 25.7 Å². The minimum atomic E-state index is -1.28. The summed E-state index contributed by atoms with van der Waals surface area (Å²) in [7, 11) is 0. The fourth-order valence-electron chi connectivity index (χ4n) is 12.2. The van der Waals surface area contributed by atoms with Gasteiger partial charge in [-0.15, -0.1) is 0 Å². The lowest BCUT2D eigenvalue weighted by Gasteiger charge is -2.71. The van der Waals surface area contributed by atoms with Crippen LogP contribution < -0.4 is 0 Å². The highest BCUT2D eigenvalue weighted by molar-refractivity contribution is 5.88. The summed E-state index contributed by atoms with van der Waals surface area (Å²) in [6.45, 7) is 20.2. The molecule has 0 spiro atoms. The molecule has 0 aromatic carbocycles. The molecule has 0 heterocycles. The molecular formula is C41H64O8. The van der Waals surface area contributed by atoms with Gasteiger partial charge in [-0.2, -0.15) is 0 Å². The molecule has 49 heavy (non-hydrogen) atoms. The molecule has 0 aromatic rings. The van der Waals surface area contributed by atoms with Crippen LogP contribution in [0, 0.1) is 56.2 Å². The van der Waals surface area contributed by atoms with Crippen molar-refractivity contribution in [3.63, 3.8) is 0 Å². The van der Waals surface area contributed by atoms with Crippen LogP contribution in [0.3, 0.4) is 0 Å². The number of carbonyl (C=O) groups excluding carboxylic acids is 2. The number of hydrogen-bond acceptors (Lipinski definition) is 8. The predicted molar refractivity (Wildman–Crippen MR) is 189 cm³/mol. The molecule has 0 bridgehead atoms. The van der Waals surface area contributed by atoms with E-state index in [4.69, 9.17) is 9.47 Å². The van der Waals surface area contributed by atoms with Gasteiger partial charge in [-0.1, -0.05) is 65.8 Å². The first kappa shape index (κ1) is 38.2. The maximum absolute atomic E-state index is 12.9. The SMILES string of the molecule is C/C=C(/C)C(=O)OC[C@@]12C(CC(C)(C)[C@@H](O)[C@@H]1O)C1C=CCC3[C@@]4(C)CC[C@H](O)[C@](C)(COC(=O)/C(C)=C/C)C4CC[C@@]3(C)[C@]1(C)C[C@H]2O. The van der Waals surface area contributed by atoms with Crippen LogP contribution in [-0.2, 0) is 19.1 Å². The van der Waals surface area contributed by atoms with Gasteiger partial charge in [0.25, 0.3) is 0 Å². The van der Waals surface area contributed by atoms with Crippen molar-refractivity contribution in [1.29, 1.82) is 0 Å². The largest absolute Gasteiger partial charge is 0.462 e. The van der Waals surface area contributed by atoms with Crippen LogP contribution in [0.15, 0.2) is 35.5 Å². The highest BCUT2D eigenvalue weighted by Gasteiger charge is 2.73. The number of hydrogen-bond donors (Lipinski definition) is 4. The Bertz CT molecular complexity index is 1400. The van der Waals surface area contributed by atoms with E-state index >= 15 is 0 Å². The van der Waals surface area contributed by atoms with Gasteiger partial charge in [0.05, 0.1) is 36.4 Å². The van der Waals surface area contributed by atoms with Crippen LogP contribution in [0.1, 0.15) is 114 Å². The minimum absolute atomic E-state index is 0.0423. The zero-order valence-electron chi connectivity index (χ0n) is 31.7. The summed E-state index contributed by atoms with van der Waals surface area (Å²) >= 11 is 0. The van der Waals surface area contributed by atoms with Gasteiger partial charge in [0.1, 0.15) is 6.61 Å². The summed E-state index contributed by atoms with van der Waals surface area (Å²) in [5.41, 5.74) is -2.19. The topological polar surface area (TPSA) is 134 Å². The van der Waals surface area contributed by atoms with Gasteiger partial charge >= 0.3 is 11.9 Å². The van der Waals surface area contributed by atoms with Crippen molar-refractivity contribution in [2.24, 2.45) is 56.2 Å². The molecule has 5 aliphatic carbocycles. The predicted octanol–water partition coefficient (Wildman–Crippen LogP) is 6.31. The molecule has 0 aromatic heterocycles. The van der Waals surface area contributed by atoms with Crippen LogP contribution >= 0.6 is 0 Å². The van der Waals surface area contributed by atoms with Gasteiger partial charge in [0.15, 0.2) is 0 Å². The summed E-state index contributed by atoms with van der Waals surface area (Å²) < 4.78 is 11.8. The van der Waals surface area contributed by atoms with E-state index in [-0.39, 0.29) is 59.1 Å². The highest BCUT2D eigenvalue weighted by atomic mass is 16.5. The van der Waals surface area contributed by atoms with Crippen molar-refractivity contribution >= 4 is 11.9 Å². The fraction of sp³-hybridized carbons (Fsp3) is 0.805. The number of esters is 2. The molecule has 4 saturated carbocycles. The summed E-state index contributed by atoms with van der Waals surface area (Å²) in [5.74, 6) is -0.761. The third-order valence-corrected chi connectivity index (χ3v) is 15.8. The Morgan fingerprint density at radius 2 is 1.35 bits per heavy atom. The van der Waals surface area contributed by atoms with E-state index in [9.17, 15) is 30.0 Å². The average molecular weight is 685 g/mol. The summed E-state index contributed by atoms with van der Waals surface area (Å²) in [5, 5.41) is 47.4. The van der Waals surface area contributed by atoms with Crippen molar-refractivity contribution in [3.05, 3.63) is 35.5 Å². The van der Waals surface area contributed by atoms with E-state index in [0.29, 0.717) is 30.4 Å². The number of fused-ring (bicyclic) bond motifs is 7. The van der Waals surface area contributed by atoms with E-state index in [1.807, 2.05) is 20.8 Å². The third kappa shape index (κ3) is 5.52. The molecule has 0 saturated heterocycles. The molecule has 0 amide bonds. The highest BCUT2D eigenvalue weighted by Crippen LogP contribution is 2.75. The molecule has 5 aliphatic rings. The normalized spacial score (nSPS) is 47.9. The lowest BCUT2D eigenvalue weighted by Crippen LogP contribution is -2.72. The third-order valence-electron chi connectivity index (χ3n) is 15.8. The van der Waals surface area contributed by atoms with E-state index in [2.05, 4.69) is 39.8 Å². The van der Waals surface area contributed by atoms with Gasteiger partial charge in [-0.3, -0.25) is 0 Å². The Morgan fingerprint density at radius 3 is 1.94 bits per heavy atom. The number of rotatable bonds is 6. The van der Waals surface area contributed by atoms with Crippen LogP contribution in [-0.4, -0.2) is 70.0 Å². The van der Waals surface area contributed by atoms with Gasteiger partial charge < -0.3 is 29.9 Å². The number of allylic oxidation sites excluding steroid dienone is 4. The second-order valence-electron chi connectivity index (χ2n) is 18.4. The lowest BCUT2D eigenvalue weighted by molar-refractivity contribution is -0.289. The van der Waals surface area contributed by atoms with Crippen molar-refractivity contribution in [2.75, 3.05) is 13.2 Å². The molecule has 0 aliphatic heterocycles. The Morgan fingerprint density at radius 1 is 0.755 bits per heavy atom. The number of aliphatic hydroxyl groups excluding tert-OH is 4. The lowest BCUT2D eigenvalue weighted by atomic mass is 9.34. The monoisotopic (exact) mass is 684 g/mol. The maximum Gasteiger partial charge on any atom is 0.333 e. The van der Waals surface area contributed by atoms with E-state index < -0.39 is 46.6 Å². The first-order valence-corrected chi connectivity index (χ1v) is 18.7. The molecule has 276 valence electrons. The zero-order chi connectivity index (χ0) is 36.5. The summed E-state index contributed by atoms with van der Waals surface area (Å²) in [6, 6.07) is 0. The second-order valence-corrected chi connectivity index (χ2v) is 18.4. The van der Waals surface area contributed by atoms with Gasteiger partial charge in [-0.05, 0) is 118 Å². The van der Waals surface area contributed by atoms with Crippen LogP contribution in [0.4, 0.5) is 0 Å². The quantitative estimate of drug-likeness (QED) is 0.146. The zero-order valence-corrected chi connectivity index (χ0v) is 31.7. The minimum Gasteiger partial charge on any atom is -0.462 e. The van der Waals surface area contributed by atoms with Gasteiger partial charge in [-0.25, -0.2) is 9.59 Å². The Balaban J connectivity index is 1.55. The number of carbonyl (C=O) groups is 2. The first-order valence-electron chi connectivity index (χ1n) is 18.7. The molecule has 8 nitrogen and oxygen atoms in total. The van der Waals surface area contributed by atoms with Crippen LogP contribution in [0.25, 0.3) is 0 Å². The van der Waals surface area contributed by atoms with E-state index in [1.165, 1.54) is 0 Å². The van der Waals surface area contributed by atoms with Crippen LogP contribution in [0.2, 0.25) is 0 Å².